The molecule has 2 heterocycles. The molecular formula is C18H17ClN2OS2. The summed E-state index contributed by atoms with van der Waals surface area (Å²) in [7, 11) is 0. The number of furan rings is 1. The highest BCUT2D eigenvalue weighted by Gasteiger charge is 2.21. The summed E-state index contributed by atoms with van der Waals surface area (Å²) in [6.45, 7) is 2.74. The van der Waals surface area contributed by atoms with Crippen molar-refractivity contribution in [2.45, 2.75) is 19.5 Å². The van der Waals surface area contributed by atoms with E-state index in [-0.39, 0.29) is 6.04 Å². The molecule has 124 valence electrons. The zero-order valence-corrected chi connectivity index (χ0v) is 15.5. The van der Waals surface area contributed by atoms with Gasteiger partial charge in [-0.2, -0.15) is 0 Å². The third-order valence-electron chi connectivity index (χ3n) is 3.67. The monoisotopic (exact) mass is 376 g/mol. The van der Waals surface area contributed by atoms with Crippen molar-refractivity contribution < 1.29 is 4.42 Å². The number of benzene rings is 1. The minimum absolute atomic E-state index is 0.134. The Hall–Kier alpha value is -1.82. The molecule has 0 bridgehead atoms. The Balaban J connectivity index is 1.81. The molecule has 2 aromatic heterocycles. The van der Waals surface area contributed by atoms with Crippen molar-refractivity contribution in [3.05, 3.63) is 75.8 Å². The first kappa shape index (κ1) is 17.0. The zero-order chi connectivity index (χ0) is 16.9. The predicted molar refractivity (Wildman–Crippen MR) is 105 cm³/mol. The molecule has 6 heteroatoms. The second kappa shape index (κ2) is 7.83. The zero-order valence-electron chi connectivity index (χ0n) is 13.1. The van der Waals surface area contributed by atoms with Crippen LogP contribution < -0.4 is 5.32 Å². The topological polar surface area (TPSA) is 28.4 Å². The maximum Gasteiger partial charge on any atom is 0.174 e. The average Bonchev–Trinajstić information content (AvgIpc) is 3.25. The fourth-order valence-electron chi connectivity index (χ4n) is 2.40. The number of halogens is 1. The van der Waals surface area contributed by atoms with Gasteiger partial charge in [-0.1, -0.05) is 23.7 Å². The molecule has 1 N–H and O–H groups in total. The summed E-state index contributed by atoms with van der Waals surface area (Å²) in [5.41, 5.74) is 0.871. The number of thiocarbonyl (C=S) groups is 1. The highest BCUT2D eigenvalue weighted by Crippen LogP contribution is 2.27. The first-order valence-corrected chi connectivity index (χ1v) is 9.19. The van der Waals surface area contributed by atoms with Crippen molar-refractivity contribution >= 4 is 46.0 Å². The molecular weight excluding hydrogens is 360 g/mol. The van der Waals surface area contributed by atoms with Crippen LogP contribution in [-0.4, -0.2) is 10.0 Å². The minimum Gasteiger partial charge on any atom is -0.467 e. The van der Waals surface area contributed by atoms with Gasteiger partial charge in [0.25, 0.3) is 0 Å². The molecule has 0 amide bonds. The van der Waals surface area contributed by atoms with E-state index < -0.39 is 0 Å². The van der Waals surface area contributed by atoms with Crippen molar-refractivity contribution in [2.75, 3.05) is 5.32 Å². The van der Waals surface area contributed by atoms with Gasteiger partial charge in [0, 0.05) is 15.6 Å². The Morgan fingerprint density at radius 2 is 2.17 bits per heavy atom. The van der Waals surface area contributed by atoms with E-state index in [2.05, 4.69) is 34.7 Å². The van der Waals surface area contributed by atoms with Crippen LogP contribution >= 0.6 is 35.2 Å². The Morgan fingerprint density at radius 1 is 1.29 bits per heavy atom. The summed E-state index contributed by atoms with van der Waals surface area (Å²) < 4.78 is 5.50. The lowest BCUT2D eigenvalue weighted by Gasteiger charge is -2.30. The van der Waals surface area contributed by atoms with Gasteiger partial charge in [-0.3, -0.25) is 0 Å². The van der Waals surface area contributed by atoms with E-state index in [0.29, 0.717) is 16.7 Å². The number of hydrogen-bond donors (Lipinski definition) is 1. The van der Waals surface area contributed by atoms with Gasteiger partial charge >= 0.3 is 0 Å². The number of nitrogens with one attached hydrogen (secondary N) is 1. The van der Waals surface area contributed by atoms with E-state index in [0.717, 1.165) is 11.4 Å². The summed E-state index contributed by atoms with van der Waals surface area (Å²) in [6.07, 6.45) is 1.68. The second-order valence-corrected chi connectivity index (χ2v) is 7.14. The number of hydrogen-bond acceptors (Lipinski definition) is 3. The Morgan fingerprint density at radius 3 is 2.83 bits per heavy atom. The van der Waals surface area contributed by atoms with Crippen molar-refractivity contribution in [3.63, 3.8) is 0 Å². The lowest BCUT2D eigenvalue weighted by atomic mass is 10.2. The summed E-state index contributed by atoms with van der Waals surface area (Å²) in [5, 5.41) is 6.65. The van der Waals surface area contributed by atoms with Crippen LogP contribution in [0.2, 0.25) is 5.02 Å². The molecule has 1 unspecified atom stereocenters. The van der Waals surface area contributed by atoms with Crippen LogP contribution in [0.5, 0.6) is 0 Å². The van der Waals surface area contributed by atoms with E-state index in [1.165, 1.54) is 4.88 Å². The van der Waals surface area contributed by atoms with Gasteiger partial charge in [0.1, 0.15) is 5.76 Å². The largest absolute Gasteiger partial charge is 0.467 e. The summed E-state index contributed by atoms with van der Waals surface area (Å²) in [6, 6.07) is 15.7. The third-order valence-corrected chi connectivity index (χ3v) is 5.28. The molecule has 0 fully saturated rings. The lowest BCUT2D eigenvalue weighted by Crippen LogP contribution is -2.36. The molecule has 0 saturated carbocycles. The predicted octanol–water partition coefficient (Wildman–Crippen LogP) is 5.95. The van der Waals surface area contributed by atoms with Gasteiger partial charge in [-0.15, -0.1) is 11.3 Å². The van der Waals surface area contributed by atoms with Gasteiger partial charge in [0.05, 0.1) is 18.8 Å². The van der Waals surface area contributed by atoms with Crippen LogP contribution in [-0.2, 0) is 6.54 Å². The Labute approximate surface area is 155 Å². The lowest BCUT2D eigenvalue weighted by molar-refractivity contribution is 0.306. The van der Waals surface area contributed by atoms with Crippen LogP contribution in [0.25, 0.3) is 0 Å². The number of rotatable bonds is 5. The summed E-state index contributed by atoms with van der Waals surface area (Å²) in [5.74, 6) is 0.869. The first-order chi connectivity index (χ1) is 11.6. The maximum absolute atomic E-state index is 6.06. The van der Waals surface area contributed by atoms with Gasteiger partial charge in [0.2, 0.25) is 0 Å². The normalized spacial score (nSPS) is 11.9. The maximum atomic E-state index is 6.06. The van der Waals surface area contributed by atoms with Gasteiger partial charge < -0.3 is 14.6 Å². The van der Waals surface area contributed by atoms with Gasteiger partial charge in [-0.25, -0.2) is 0 Å². The molecule has 0 aliphatic rings. The molecule has 0 aliphatic heterocycles. The van der Waals surface area contributed by atoms with E-state index in [1.807, 2.05) is 36.4 Å². The van der Waals surface area contributed by atoms with Crippen molar-refractivity contribution in [2.24, 2.45) is 0 Å². The van der Waals surface area contributed by atoms with Crippen molar-refractivity contribution in [3.8, 4) is 0 Å². The fraction of sp³-hybridized carbons (Fsp3) is 0.167. The fourth-order valence-corrected chi connectivity index (χ4v) is 3.73. The third kappa shape index (κ3) is 4.17. The molecule has 0 radical (unpaired) electrons. The molecule has 0 saturated heterocycles. The second-order valence-electron chi connectivity index (χ2n) is 5.34. The summed E-state index contributed by atoms with van der Waals surface area (Å²) >= 11 is 13.4. The highest BCUT2D eigenvalue weighted by atomic mass is 35.5. The van der Waals surface area contributed by atoms with Gasteiger partial charge in [0.15, 0.2) is 5.11 Å². The van der Waals surface area contributed by atoms with Gasteiger partial charge in [-0.05, 0) is 60.9 Å². The quantitative estimate of drug-likeness (QED) is 0.556. The standard InChI is InChI=1S/C18H17ClN2OS2/c1-13(17-8-4-10-24-17)21(12-16-7-3-9-22-16)18(23)20-15-6-2-5-14(19)11-15/h2-11,13H,12H2,1H3,(H,20,23). The van der Waals surface area contributed by atoms with Crippen molar-refractivity contribution in [1.82, 2.24) is 4.90 Å². The Kier molecular flexibility index (Phi) is 5.56. The van der Waals surface area contributed by atoms with E-state index in [9.17, 15) is 0 Å². The van der Waals surface area contributed by atoms with Crippen LogP contribution in [0, 0.1) is 0 Å². The summed E-state index contributed by atoms with van der Waals surface area (Å²) in [4.78, 5) is 3.36. The molecule has 3 aromatic rings. The van der Waals surface area contributed by atoms with Crippen molar-refractivity contribution in [1.29, 1.82) is 0 Å². The number of nitrogens with zero attached hydrogens (tertiary/aromatic N) is 1. The average molecular weight is 377 g/mol. The van der Waals surface area contributed by atoms with Crippen LogP contribution in [0.15, 0.2) is 64.6 Å². The Bertz CT molecular complexity index is 787. The van der Waals surface area contributed by atoms with E-state index >= 15 is 0 Å². The molecule has 3 rings (SSSR count). The highest BCUT2D eigenvalue weighted by molar-refractivity contribution is 7.80. The minimum atomic E-state index is 0.134. The van der Waals surface area contributed by atoms with E-state index in [4.69, 9.17) is 28.2 Å². The molecule has 1 aromatic carbocycles. The number of thiophene rings is 1. The van der Waals surface area contributed by atoms with Crippen LogP contribution in [0.3, 0.4) is 0 Å². The molecule has 1 atom stereocenters. The number of anilines is 1. The SMILES string of the molecule is CC(c1cccs1)N(Cc1ccco1)C(=S)Nc1cccc(Cl)c1. The van der Waals surface area contributed by atoms with Crippen LogP contribution in [0.4, 0.5) is 5.69 Å². The smallest absolute Gasteiger partial charge is 0.174 e. The van der Waals surface area contributed by atoms with E-state index in [1.54, 1.807) is 17.6 Å². The molecule has 0 aliphatic carbocycles. The first-order valence-electron chi connectivity index (χ1n) is 7.52. The molecule has 24 heavy (non-hydrogen) atoms. The van der Waals surface area contributed by atoms with Crippen LogP contribution in [0.1, 0.15) is 23.6 Å². The molecule has 0 spiro atoms. The molecule has 3 nitrogen and oxygen atoms in total.